The zero-order chi connectivity index (χ0) is 14.7. The standard InChI is InChI=1S/C16H21ClN4/c17-14-5-3-12(4-6-14)16-13(10-19-20-16)11-21-8-1-2-15(18)7-9-21/h3-6,10,15H,1-2,7-9,11,18H2,(H,19,20)/t15-/m1/s1. The maximum absolute atomic E-state index is 6.05. The third-order valence-corrected chi connectivity index (χ3v) is 4.36. The molecule has 112 valence electrons. The van der Waals surface area contributed by atoms with Gasteiger partial charge in [0.05, 0.1) is 11.9 Å². The monoisotopic (exact) mass is 304 g/mol. The van der Waals surface area contributed by atoms with E-state index in [1.165, 1.54) is 12.0 Å². The SMILES string of the molecule is N[C@@H]1CCCN(Cc2cn[nH]c2-c2ccc(Cl)cc2)CC1. The average Bonchev–Trinajstić information content (AvgIpc) is 2.83. The average molecular weight is 305 g/mol. The Labute approximate surface area is 130 Å². The van der Waals surface area contributed by atoms with E-state index in [0.29, 0.717) is 6.04 Å². The van der Waals surface area contributed by atoms with Crippen molar-refractivity contribution in [2.45, 2.75) is 31.8 Å². The first-order chi connectivity index (χ1) is 10.2. The molecule has 5 heteroatoms. The van der Waals surface area contributed by atoms with Crippen molar-refractivity contribution in [3.8, 4) is 11.3 Å². The van der Waals surface area contributed by atoms with Crippen LogP contribution in [0.5, 0.6) is 0 Å². The first kappa shape index (κ1) is 14.6. The van der Waals surface area contributed by atoms with Crippen LogP contribution in [0, 0.1) is 0 Å². The van der Waals surface area contributed by atoms with Gasteiger partial charge in [-0.3, -0.25) is 10.00 Å². The van der Waals surface area contributed by atoms with Crippen molar-refractivity contribution >= 4 is 11.6 Å². The van der Waals surface area contributed by atoms with Crippen molar-refractivity contribution in [1.82, 2.24) is 15.1 Å². The molecule has 1 aliphatic rings. The van der Waals surface area contributed by atoms with Gasteiger partial charge in [-0.25, -0.2) is 0 Å². The number of hydrogen-bond acceptors (Lipinski definition) is 3. The number of aromatic nitrogens is 2. The molecule has 4 nitrogen and oxygen atoms in total. The van der Waals surface area contributed by atoms with Crippen LogP contribution in [0.3, 0.4) is 0 Å². The quantitative estimate of drug-likeness (QED) is 0.916. The van der Waals surface area contributed by atoms with Gasteiger partial charge in [-0.05, 0) is 50.0 Å². The summed E-state index contributed by atoms with van der Waals surface area (Å²) in [7, 11) is 0. The van der Waals surface area contributed by atoms with Gasteiger partial charge in [-0.1, -0.05) is 23.7 Å². The number of nitrogens with one attached hydrogen (secondary N) is 1. The number of nitrogens with zero attached hydrogens (tertiary/aromatic N) is 2. The van der Waals surface area contributed by atoms with E-state index in [1.54, 1.807) is 0 Å². The lowest BCUT2D eigenvalue weighted by atomic mass is 10.1. The molecule has 2 aromatic rings. The molecular weight excluding hydrogens is 284 g/mol. The number of H-pyrrole nitrogens is 1. The molecule has 1 atom stereocenters. The highest BCUT2D eigenvalue weighted by atomic mass is 35.5. The highest BCUT2D eigenvalue weighted by molar-refractivity contribution is 6.30. The van der Waals surface area contributed by atoms with Crippen LogP contribution >= 0.6 is 11.6 Å². The van der Waals surface area contributed by atoms with E-state index in [1.807, 2.05) is 30.5 Å². The van der Waals surface area contributed by atoms with E-state index in [0.717, 1.165) is 48.8 Å². The van der Waals surface area contributed by atoms with Gasteiger partial charge in [0.1, 0.15) is 0 Å². The topological polar surface area (TPSA) is 57.9 Å². The first-order valence-electron chi connectivity index (χ1n) is 7.48. The summed E-state index contributed by atoms with van der Waals surface area (Å²) in [5, 5.41) is 8.08. The first-order valence-corrected chi connectivity index (χ1v) is 7.86. The van der Waals surface area contributed by atoms with Gasteiger partial charge in [0, 0.05) is 23.2 Å². The summed E-state index contributed by atoms with van der Waals surface area (Å²) in [5.74, 6) is 0. The van der Waals surface area contributed by atoms with Crippen molar-refractivity contribution in [3.63, 3.8) is 0 Å². The maximum atomic E-state index is 6.05. The van der Waals surface area contributed by atoms with Gasteiger partial charge >= 0.3 is 0 Å². The molecule has 3 N–H and O–H groups in total. The van der Waals surface area contributed by atoms with Gasteiger partial charge in [0.15, 0.2) is 0 Å². The van der Waals surface area contributed by atoms with Crippen LogP contribution in [0.2, 0.25) is 5.02 Å². The summed E-state index contributed by atoms with van der Waals surface area (Å²) in [6.45, 7) is 3.09. The van der Waals surface area contributed by atoms with E-state index >= 15 is 0 Å². The van der Waals surface area contributed by atoms with E-state index in [-0.39, 0.29) is 0 Å². The molecule has 21 heavy (non-hydrogen) atoms. The number of nitrogens with two attached hydrogens (primary N) is 1. The van der Waals surface area contributed by atoms with Gasteiger partial charge in [0.25, 0.3) is 0 Å². The van der Waals surface area contributed by atoms with E-state index in [9.17, 15) is 0 Å². The minimum absolute atomic E-state index is 0.357. The second-order valence-electron chi connectivity index (χ2n) is 5.74. The molecule has 1 fully saturated rings. The molecule has 0 bridgehead atoms. The second-order valence-corrected chi connectivity index (χ2v) is 6.18. The molecule has 3 rings (SSSR count). The van der Waals surface area contributed by atoms with Gasteiger partial charge in [-0.2, -0.15) is 5.10 Å². The fourth-order valence-corrected chi connectivity index (χ4v) is 3.00. The predicted octanol–water partition coefficient (Wildman–Crippen LogP) is 3.04. The summed E-state index contributed by atoms with van der Waals surface area (Å²) < 4.78 is 0. The van der Waals surface area contributed by atoms with Crippen LogP contribution in [0.4, 0.5) is 0 Å². The Morgan fingerprint density at radius 3 is 2.86 bits per heavy atom. The zero-order valence-electron chi connectivity index (χ0n) is 12.1. The summed E-state index contributed by atoms with van der Waals surface area (Å²) in [4.78, 5) is 2.47. The van der Waals surface area contributed by atoms with E-state index in [4.69, 9.17) is 17.3 Å². The Balaban J connectivity index is 1.74. The number of rotatable bonds is 3. The summed E-state index contributed by atoms with van der Waals surface area (Å²) in [6.07, 6.45) is 5.31. The molecule has 0 saturated carbocycles. The van der Waals surface area contributed by atoms with Crippen molar-refractivity contribution in [1.29, 1.82) is 0 Å². The molecule has 1 aromatic carbocycles. The number of hydrogen-bond donors (Lipinski definition) is 2. The largest absolute Gasteiger partial charge is 0.328 e. The third-order valence-electron chi connectivity index (χ3n) is 4.11. The Kier molecular flexibility index (Phi) is 4.58. The molecule has 0 amide bonds. The Morgan fingerprint density at radius 1 is 1.24 bits per heavy atom. The number of halogens is 1. The van der Waals surface area contributed by atoms with Crippen molar-refractivity contribution in [3.05, 3.63) is 41.0 Å². The molecular formula is C16H21ClN4. The zero-order valence-corrected chi connectivity index (χ0v) is 12.8. The lowest BCUT2D eigenvalue weighted by molar-refractivity contribution is 0.276. The molecule has 2 heterocycles. The van der Waals surface area contributed by atoms with Crippen LogP contribution in [0.15, 0.2) is 30.5 Å². The Bertz CT molecular complexity index is 578. The van der Waals surface area contributed by atoms with Crippen molar-refractivity contribution < 1.29 is 0 Å². The second kappa shape index (κ2) is 6.60. The summed E-state index contributed by atoms with van der Waals surface area (Å²) in [5.41, 5.74) is 9.48. The van der Waals surface area contributed by atoms with Crippen LogP contribution in [0.1, 0.15) is 24.8 Å². The summed E-state index contributed by atoms with van der Waals surface area (Å²) in [6, 6.07) is 8.23. The van der Waals surface area contributed by atoms with Crippen LogP contribution in [0.25, 0.3) is 11.3 Å². The van der Waals surface area contributed by atoms with E-state index in [2.05, 4.69) is 15.1 Å². The molecule has 1 aliphatic heterocycles. The highest BCUT2D eigenvalue weighted by Gasteiger charge is 2.16. The van der Waals surface area contributed by atoms with Crippen LogP contribution in [-0.4, -0.2) is 34.2 Å². The lowest BCUT2D eigenvalue weighted by Crippen LogP contribution is -2.26. The van der Waals surface area contributed by atoms with Crippen molar-refractivity contribution in [2.24, 2.45) is 5.73 Å². The molecule has 0 aliphatic carbocycles. The molecule has 0 radical (unpaired) electrons. The molecule has 0 unspecified atom stereocenters. The van der Waals surface area contributed by atoms with E-state index < -0.39 is 0 Å². The van der Waals surface area contributed by atoms with Gasteiger partial charge in [0.2, 0.25) is 0 Å². The van der Waals surface area contributed by atoms with Crippen LogP contribution < -0.4 is 5.73 Å². The number of likely N-dealkylation sites (tertiary alicyclic amines) is 1. The third kappa shape index (κ3) is 3.64. The minimum Gasteiger partial charge on any atom is -0.328 e. The smallest absolute Gasteiger partial charge is 0.0695 e. The molecule has 1 aromatic heterocycles. The van der Waals surface area contributed by atoms with Gasteiger partial charge in [-0.15, -0.1) is 0 Å². The molecule has 1 saturated heterocycles. The predicted molar refractivity (Wildman–Crippen MR) is 86.1 cm³/mol. The van der Waals surface area contributed by atoms with Crippen molar-refractivity contribution in [2.75, 3.05) is 13.1 Å². The Morgan fingerprint density at radius 2 is 2.05 bits per heavy atom. The number of benzene rings is 1. The fourth-order valence-electron chi connectivity index (χ4n) is 2.88. The highest BCUT2D eigenvalue weighted by Crippen LogP contribution is 2.24. The number of aromatic amines is 1. The fraction of sp³-hybridized carbons (Fsp3) is 0.438. The Hall–Kier alpha value is -1.36. The minimum atomic E-state index is 0.357. The lowest BCUT2D eigenvalue weighted by Gasteiger charge is -2.19. The molecule has 0 spiro atoms. The normalized spacial score (nSPS) is 20.4. The van der Waals surface area contributed by atoms with Crippen LogP contribution in [-0.2, 0) is 6.54 Å². The maximum Gasteiger partial charge on any atom is 0.0695 e. The summed E-state index contributed by atoms with van der Waals surface area (Å²) >= 11 is 5.95. The van der Waals surface area contributed by atoms with Gasteiger partial charge < -0.3 is 5.73 Å².